The third-order valence-corrected chi connectivity index (χ3v) is 8.12. The van der Waals surface area contributed by atoms with Crippen LogP contribution in [0.1, 0.15) is 5.56 Å². The van der Waals surface area contributed by atoms with Gasteiger partial charge in [0, 0.05) is 39.0 Å². The minimum atomic E-state index is -4.34. The first-order valence-corrected chi connectivity index (χ1v) is 13.2. The Kier molecular flexibility index (Phi) is 5.46. The van der Waals surface area contributed by atoms with E-state index in [2.05, 4.69) is 53.5 Å². The van der Waals surface area contributed by atoms with Crippen LogP contribution in [0.4, 0.5) is 13.2 Å². The van der Waals surface area contributed by atoms with Crippen LogP contribution < -0.4 is 0 Å². The lowest BCUT2D eigenvalue weighted by molar-refractivity contribution is -0.137. The Morgan fingerprint density at radius 1 is 0.564 bits per heavy atom. The standard InChI is InChI=1S/C33H19F3N2S/c34-33(35,36)27-11-7-20(8-12-27)22-5-3-21-4-6-23(17-26(21)16-22)25-9-13-30(38-19-25)24-10-14-31-29(18-24)28-2-1-15-37-32(28)39-31/h1-19H. The van der Waals surface area contributed by atoms with Crippen LogP contribution in [-0.2, 0) is 6.18 Å². The van der Waals surface area contributed by atoms with Crippen LogP contribution in [-0.4, -0.2) is 9.97 Å². The maximum atomic E-state index is 13.0. The first-order valence-electron chi connectivity index (χ1n) is 12.4. The van der Waals surface area contributed by atoms with Crippen molar-refractivity contribution in [1.82, 2.24) is 9.97 Å². The molecule has 4 aromatic carbocycles. The number of pyridine rings is 2. The number of thiophene rings is 1. The van der Waals surface area contributed by atoms with E-state index in [1.807, 2.05) is 42.7 Å². The third-order valence-electron chi connectivity index (χ3n) is 7.03. The highest BCUT2D eigenvalue weighted by molar-refractivity contribution is 7.25. The first kappa shape index (κ1) is 23.6. The van der Waals surface area contributed by atoms with Gasteiger partial charge in [0.05, 0.1) is 11.3 Å². The number of benzene rings is 4. The molecule has 0 unspecified atom stereocenters. The molecule has 7 aromatic rings. The van der Waals surface area contributed by atoms with Gasteiger partial charge in [0.2, 0.25) is 0 Å². The minimum Gasteiger partial charge on any atom is -0.256 e. The second-order valence-electron chi connectivity index (χ2n) is 9.45. The third kappa shape index (κ3) is 4.33. The SMILES string of the molecule is FC(F)(F)c1ccc(-c2ccc3ccc(-c4ccc(-c5ccc6sc7ncccc7c6c5)nc4)cc3c2)cc1. The minimum absolute atomic E-state index is 0.647. The van der Waals surface area contributed by atoms with Crippen molar-refractivity contribution < 1.29 is 13.2 Å². The predicted molar refractivity (Wildman–Crippen MR) is 154 cm³/mol. The van der Waals surface area contributed by atoms with Crippen molar-refractivity contribution in [3.63, 3.8) is 0 Å². The molecule has 3 heterocycles. The van der Waals surface area contributed by atoms with Crippen LogP contribution in [0.2, 0.25) is 0 Å². The second kappa shape index (κ2) is 9.03. The van der Waals surface area contributed by atoms with Crippen LogP contribution in [0.15, 0.2) is 116 Å². The number of hydrogen-bond acceptors (Lipinski definition) is 3. The van der Waals surface area contributed by atoms with Crippen molar-refractivity contribution in [2.24, 2.45) is 0 Å². The van der Waals surface area contributed by atoms with Crippen molar-refractivity contribution in [3.05, 3.63) is 121 Å². The molecule has 0 saturated heterocycles. The van der Waals surface area contributed by atoms with Crippen molar-refractivity contribution in [2.45, 2.75) is 6.18 Å². The molecule has 0 amide bonds. The Labute approximate surface area is 226 Å². The van der Waals surface area contributed by atoms with Gasteiger partial charge in [-0.05, 0) is 82.1 Å². The van der Waals surface area contributed by atoms with E-state index in [-0.39, 0.29) is 0 Å². The average molecular weight is 533 g/mol. The molecule has 0 aliphatic carbocycles. The van der Waals surface area contributed by atoms with E-state index in [0.717, 1.165) is 66.6 Å². The summed E-state index contributed by atoms with van der Waals surface area (Å²) in [5.41, 5.74) is 4.93. The van der Waals surface area contributed by atoms with Crippen molar-refractivity contribution >= 4 is 42.4 Å². The van der Waals surface area contributed by atoms with E-state index < -0.39 is 11.7 Å². The maximum Gasteiger partial charge on any atom is 0.416 e. The van der Waals surface area contributed by atoms with Crippen molar-refractivity contribution in [3.8, 4) is 33.5 Å². The summed E-state index contributed by atoms with van der Waals surface area (Å²) in [5.74, 6) is 0. The molecule has 0 spiro atoms. The van der Waals surface area contributed by atoms with Gasteiger partial charge in [-0.1, -0.05) is 48.5 Å². The van der Waals surface area contributed by atoms with E-state index in [0.29, 0.717) is 0 Å². The summed E-state index contributed by atoms with van der Waals surface area (Å²) in [6.07, 6.45) is -0.641. The molecule has 7 rings (SSSR count). The van der Waals surface area contributed by atoms with Gasteiger partial charge in [-0.25, -0.2) is 4.98 Å². The van der Waals surface area contributed by atoms with Gasteiger partial charge >= 0.3 is 6.18 Å². The molecule has 6 heteroatoms. The molecule has 0 bridgehead atoms. The normalized spacial score (nSPS) is 12.0. The van der Waals surface area contributed by atoms with Crippen LogP contribution >= 0.6 is 11.3 Å². The average Bonchev–Trinajstić information content (AvgIpc) is 3.34. The van der Waals surface area contributed by atoms with Gasteiger partial charge in [-0.2, -0.15) is 13.2 Å². The van der Waals surface area contributed by atoms with E-state index in [4.69, 9.17) is 4.98 Å². The fraction of sp³-hybridized carbons (Fsp3) is 0.0303. The summed E-state index contributed by atoms with van der Waals surface area (Å²) in [5, 5.41) is 4.41. The molecule has 0 saturated carbocycles. The number of rotatable bonds is 3. The predicted octanol–water partition coefficient (Wildman–Crippen LogP) is 10.0. The molecule has 0 aliphatic rings. The van der Waals surface area contributed by atoms with Crippen LogP contribution in [0.25, 0.3) is 64.6 Å². The highest BCUT2D eigenvalue weighted by atomic mass is 32.1. The quantitative estimate of drug-likeness (QED) is 0.226. The Morgan fingerprint density at radius 3 is 1.97 bits per heavy atom. The molecular weight excluding hydrogens is 513 g/mol. The van der Waals surface area contributed by atoms with Gasteiger partial charge in [-0.3, -0.25) is 4.98 Å². The van der Waals surface area contributed by atoms with E-state index in [1.165, 1.54) is 22.2 Å². The molecule has 188 valence electrons. The molecule has 39 heavy (non-hydrogen) atoms. The van der Waals surface area contributed by atoms with Gasteiger partial charge in [-0.15, -0.1) is 11.3 Å². The molecule has 0 radical (unpaired) electrons. The highest BCUT2D eigenvalue weighted by Crippen LogP contribution is 2.36. The molecule has 0 N–H and O–H groups in total. The summed E-state index contributed by atoms with van der Waals surface area (Å²) in [4.78, 5) is 10.3. The smallest absolute Gasteiger partial charge is 0.256 e. The Hall–Kier alpha value is -4.55. The summed E-state index contributed by atoms with van der Waals surface area (Å²) < 4.78 is 40.1. The fourth-order valence-corrected chi connectivity index (χ4v) is 5.99. The van der Waals surface area contributed by atoms with Crippen LogP contribution in [0.5, 0.6) is 0 Å². The van der Waals surface area contributed by atoms with Gasteiger partial charge < -0.3 is 0 Å². The van der Waals surface area contributed by atoms with Crippen LogP contribution in [0, 0.1) is 0 Å². The maximum absolute atomic E-state index is 13.0. The summed E-state index contributed by atoms with van der Waals surface area (Å²) >= 11 is 1.69. The van der Waals surface area contributed by atoms with E-state index in [9.17, 15) is 13.2 Å². The van der Waals surface area contributed by atoms with Gasteiger partial charge in [0.15, 0.2) is 0 Å². The zero-order valence-electron chi connectivity index (χ0n) is 20.4. The molecule has 0 aliphatic heterocycles. The Morgan fingerprint density at radius 2 is 1.26 bits per heavy atom. The number of hydrogen-bond donors (Lipinski definition) is 0. The van der Waals surface area contributed by atoms with E-state index in [1.54, 1.807) is 11.3 Å². The number of nitrogens with zero attached hydrogens (tertiary/aromatic N) is 2. The van der Waals surface area contributed by atoms with Crippen molar-refractivity contribution in [2.75, 3.05) is 0 Å². The first-order chi connectivity index (χ1) is 18.9. The lowest BCUT2D eigenvalue weighted by Crippen LogP contribution is -2.03. The zero-order valence-corrected chi connectivity index (χ0v) is 21.2. The van der Waals surface area contributed by atoms with Crippen LogP contribution in [0.3, 0.4) is 0 Å². The monoisotopic (exact) mass is 532 g/mol. The number of aromatic nitrogens is 2. The number of alkyl halides is 3. The van der Waals surface area contributed by atoms with E-state index >= 15 is 0 Å². The summed E-state index contributed by atoms with van der Waals surface area (Å²) in [7, 11) is 0. The van der Waals surface area contributed by atoms with Gasteiger partial charge in [0.25, 0.3) is 0 Å². The number of fused-ring (bicyclic) bond motifs is 4. The lowest BCUT2D eigenvalue weighted by Gasteiger charge is -2.10. The largest absolute Gasteiger partial charge is 0.416 e. The zero-order chi connectivity index (χ0) is 26.6. The summed E-state index contributed by atoms with van der Waals surface area (Å²) in [6, 6.07) is 32.0. The summed E-state index contributed by atoms with van der Waals surface area (Å²) in [6.45, 7) is 0. The Balaban J connectivity index is 1.20. The molecule has 3 aromatic heterocycles. The topological polar surface area (TPSA) is 25.8 Å². The molecule has 0 atom stereocenters. The van der Waals surface area contributed by atoms with Crippen molar-refractivity contribution in [1.29, 1.82) is 0 Å². The molecule has 2 nitrogen and oxygen atoms in total. The highest BCUT2D eigenvalue weighted by Gasteiger charge is 2.30. The Bertz CT molecular complexity index is 1990. The lowest BCUT2D eigenvalue weighted by atomic mass is 9.97. The fourth-order valence-electron chi connectivity index (χ4n) is 4.96. The second-order valence-corrected chi connectivity index (χ2v) is 10.5. The number of halogens is 3. The van der Waals surface area contributed by atoms with Gasteiger partial charge in [0.1, 0.15) is 4.83 Å². The molecular formula is C33H19F3N2S. The molecule has 0 fully saturated rings.